The highest BCUT2D eigenvalue weighted by molar-refractivity contribution is 6.09. The smallest absolute Gasteiger partial charge is 0.407 e. The summed E-state index contributed by atoms with van der Waals surface area (Å²) in [6.45, 7) is 8.35. The predicted octanol–water partition coefficient (Wildman–Crippen LogP) is 3.15. The highest BCUT2D eigenvalue weighted by atomic mass is 16.6. The van der Waals surface area contributed by atoms with Crippen molar-refractivity contribution in [2.24, 2.45) is 4.99 Å². The number of amides is 10. The average Bonchev–Trinajstić information content (AvgIpc) is 3.30. The summed E-state index contributed by atoms with van der Waals surface area (Å²) in [6, 6.07) is 1.16. The number of nitrogens with one attached hydrogen (secondary N) is 11. The van der Waals surface area contributed by atoms with E-state index < -0.39 is 36.4 Å². The van der Waals surface area contributed by atoms with Gasteiger partial charge in [0.2, 0.25) is 17.8 Å². The minimum absolute atomic E-state index is 0.0162. The lowest BCUT2D eigenvalue weighted by Crippen LogP contribution is -2.37. The number of aromatic nitrogens is 4. The minimum atomic E-state index is -0.596. The van der Waals surface area contributed by atoms with E-state index in [0.29, 0.717) is 101 Å². The van der Waals surface area contributed by atoms with Gasteiger partial charge in [0.15, 0.2) is 0 Å². The standard InChI is InChI=1S/C46H73N15O12/c1-32-28-35(55-36(62)29-32)56-41(65)47-16-10-4-7-13-19-50-44(68)71-25-22-61(23-26-72-45(69)51-20-14-8-5-11-17-48-42(66)59-39-53-33(2)30-37(63)57-39)24-27-73-46(70)52-21-15-9-6-12-18-49-43(67)60-40-54-34(3)31-38(64)58-40/h29-31H,4-28H2,1-3H3,(H,50,68)(H,51,69)(H,52,70)(H2,47,55,56,62,65)(H3,48,53,57,59,63,66)(H3,49,54,58,60,64,67). The van der Waals surface area contributed by atoms with Gasteiger partial charge in [-0.2, -0.15) is 4.99 Å². The summed E-state index contributed by atoms with van der Waals surface area (Å²) in [5.41, 5.74) is 1.06. The van der Waals surface area contributed by atoms with Gasteiger partial charge in [0.05, 0.1) is 0 Å². The molecule has 0 unspecified atom stereocenters. The zero-order valence-electron chi connectivity index (χ0n) is 42.1. The number of aromatic amines is 2. The molecule has 3 heterocycles. The minimum Gasteiger partial charge on any atom is -0.448 e. The van der Waals surface area contributed by atoms with Crippen molar-refractivity contribution >= 4 is 60.0 Å². The summed E-state index contributed by atoms with van der Waals surface area (Å²) in [7, 11) is 0. The van der Waals surface area contributed by atoms with Gasteiger partial charge in [0.25, 0.3) is 11.1 Å². The monoisotopic (exact) mass is 1030 g/mol. The first-order valence-corrected chi connectivity index (χ1v) is 24.7. The fraction of sp³-hybridized carbons (Fsp3) is 0.609. The molecule has 0 saturated heterocycles. The van der Waals surface area contributed by atoms with Gasteiger partial charge < -0.3 is 51.4 Å². The molecule has 0 aliphatic carbocycles. The first kappa shape index (κ1) is 59.7. The molecule has 3 rings (SSSR count). The van der Waals surface area contributed by atoms with Crippen molar-refractivity contribution in [3.05, 3.63) is 55.9 Å². The number of aliphatic imine (C=N–C) groups is 1. The van der Waals surface area contributed by atoms with Crippen molar-refractivity contribution in [2.45, 2.75) is 104 Å². The SMILES string of the molecule is CC1=CC(=O)NC(=NC(=O)NCCCCCCNC(=O)OCCN(CCOC(=O)NCCCCCCNC(=O)Nc2nc(C)cc(=O)[nH]2)CCOC(=O)NCCCCCCNC(=O)Nc2nc(C)cc(=O)[nH]2)C1. The molecule has 27 heteroatoms. The van der Waals surface area contributed by atoms with Gasteiger partial charge in [0, 0.05) is 94.9 Å². The van der Waals surface area contributed by atoms with E-state index in [1.165, 1.54) is 18.2 Å². The number of H-pyrrole nitrogens is 2. The molecule has 11 N–H and O–H groups in total. The second-order valence-corrected chi connectivity index (χ2v) is 17.0. The third kappa shape index (κ3) is 30.0. The number of hydrogen-bond acceptors (Lipinski definition) is 15. The summed E-state index contributed by atoms with van der Waals surface area (Å²) in [5.74, 6) is 0.146. The largest absolute Gasteiger partial charge is 0.448 e. The Kier molecular flexibility index (Phi) is 29.1. The summed E-state index contributed by atoms with van der Waals surface area (Å²) in [5, 5.41) is 23.8. The Morgan fingerprint density at radius 3 is 1.29 bits per heavy atom. The third-order valence-corrected chi connectivity index (χ3v) is 10.4. The first-order chi connectivity index (χ1) is 35.1. The van der Waals surface area contributed by atoms with E-state index in [-0.39, 0.29) is 68.4 Å². The van der Waals surface area contributed by atoms with Crippen LogP contribution < -0.4 is 59.0 Å². The molecule has 0 fully saturated rings. The van der Waals surface area contributed by atoms with Crippen LogP contribution >= 0.6 is 0 Å². The molecule has 404 valence electrons. The van der Waals surface area contributed by atoms with Crippen LogP contribution in [0.2, 0.25) is 0 Å². The lowest BCUT2D eigenvalue weighted by Gasteiger charge is -2.22. The van der Waals surface area contributed by atoms with Crippen molar-refractivity contribution in [3.63, 3.8) is 0 Å². The number of amidine groups is 1. The van der Waals surface area contributed by atoms with Gasteiger partial charge in [-0.3, -0.25) is 39.9 Å². The highest BCUT2D eigenvalue weighted by Gasteiger charge is 2.15. The summed E-state index contributed by atoms with van der Waals surface area (Å²) >= 11 is 0. The predicted molar refractivity (Wildman–Crippen MR) is 270 cm³/mol. The molecule has 10 amide bonds. The maximum Gasteiger partial charge on any atom is 0.407 e. The molecule has 1 aliphatic heterocycles. The molecule has 1 aliphatic rings. The Morgan fingerprint density at radius 1 is 0.548 bits per heavy atom. The normalized spacial score (nSPS) is 12.5. The number of hydrogen-bond donors (Lipinski definition) is 11. The Morgan fingerprint density at radius 2 is 0.918 bits per heavy atom. The summed E-state index contributed by atoms with van der Waals surface area (Å²) in [6.07, 6.45) is 9.10. The maximum absolute atomic E-state index is 12.4. The number of carbonyl (C=O) groups is 7. The van der Waals surface area contributed by atoms with E-state index in [9.17, 15) is 43.2 Å². The molecular formula is C46H73N15O12. The number of carbonyl (C=O) groups excluding carboxylic acids is 7. The molecule has 0 saturated carbocycles. The number of anilines is 2. The van der Waals surface area contributed by atoms with Crippen LogP contribution in [0.1, 0.15) is 102 Å². The van der Waals surface area contributed by atoms with Crippen molar-refractivity contribution in [1.82, 2.24) is 62.1 Å². The Hall–Kier alpha value is -7.58. The van der Waals surface area contributed by atoms with Crippen LogP contribution in [0.5, 0.6) is 0 Å². The van der Waals surface area contributed by atoms with Crippen molar-refractivity contribution in [1.29, 1.82) is 0 Å². The molecule has 0 spiro atoms. The molecule has 0 radical (unpaired) electrons. The van der Waals surface area contributed by atoms with Gasteiger partial charge in [-0.15, -0.1) is 0 Å². The molecule has 0 aromatic carbocycles. The second kappa shape index (κ2) is 35.5. The second-order valence-electron chi connectivity index (χ2n) is 17.0. The maximum atomic E-state index is 12.4. The van der Waals surface area contributed by atoms with Crippen LogP contribution in [-0.4, -0.2) is 152 Å². The van der Waals surface area contributed by atoms with Gasteiger partial charge in [0.1, 0.15) is 25.7 Å². The number of urea groups is 3. The average molecular weight is 1030 g/mol. The van der Waals surface area contributed by atoms with Crippen LogP contribution in [0.15, 0.2) is 38.4 Å². The van der Waals surface area contributed by atoms with E-state index in [0.717, 1.165) is 44.1 Å². The highest BCUT2D eigenvalue weighted by Crippen LogP contribution is 2.06. The van der Waals surface area contributed by atoms with E-state index in [4.69, 9.17) is 14.2 Å². The van der Waals surface area contributed by atoms with Crippen LogP contribution in [0.3, 0.4) is 0 Å². The number of nitrogens with zero attached hydrogens (tertiary/aromatic N) is 4. The number of aryl methyl sites for hydroxylation is 2. The van der Waals surface area contributed by atoms with E-state index in [1.54, 1.807) is 20.8 Å². The van der Waals surface area contributed by atoms with Crippen molar-refractivity contribution in [3.8, 4) is 0 Å². The summed E-state index contributed by atoms with van der Waals surface area (Å²) < 4.78 is 16.1. The molecule has 73 heavy (non-hydrogen) atoms. The number of alkyl carbamates (subject to hydrolysis) is 3. The molecule has 2 aromatic heterocycles. The van der Waals surface area contributed by atoms with E-state index >= 15 is 0 Å². The lowest BCUT2D eigenvalue weighted by molar-refractivity contribution is -0.115. The topological polar surface area (TPSA) is 363 Å². The number of ether oxygens (including phenoxy) is 3. The first-order valence-electron chi connectivity index (χ1n) is 24.7. The van der Waals surface area contributed by atoms with Crippen molar-refractivity contribution in [2.75, 3.05) is 89.4 Å². The van der Waals surface area contributed by atoms with Crippen LogP contribution in [0, 0.1) is 13.8 Å². The van der Waals surface area contributed by atoms with Gasteiger partial charge in [-0.05, 0) is 59.3 Å². The molecule has 0 bridgehead atoms. The van der Waals surface area contributed by atoms with Crippen LogP contribution in [0.4, 0.5) is 40.7 Å². The van der Waals surface area contributed by atoms with E-state index in [1.807, 2.05) is 4.90 Å². The van der Waals surface area contributed by atoms with Crippen LogP contribution in [0.25, 0.3) is 0 Å². The zero-order valence-corrected chi connectivity index (χ0v) is 42.1. The lowest BCUT2D eigenvalue weighted by atomic mass is 10.1. The molecule has 27 nitrogen and oxygen atoms in total. The van der Waals surface area contributed by atoms with Gasteiger partial charge in [-0.25, -0.2) is 38.7 Å². The van der Waals surface area contributed by atoms with Crippen molar-refractivity contribution < 1.29 is 47.8 Å². The quantitative estimate of drug-likeness (QED) is 0.0370. The Labute approximate surface area is 423 Å². The zero-order chi connectivity index (χ0) is 53.1. The molecule has 2 aromatic rings. The Bertz CT molecular complexity index is 2160. The van der Waals surface area contributed by atoms with Crippen LogP contribution in [-0.2, 0) is 19.0 Å². The fourth-order valence-electron chi connectivity index (χ4n) is 6.84. The van der Waals surface area contributed by atoms with Gasteiger partial charge in [-0.1, -0.05) is 44.1 Å². The molecular weight excluding hydrogens is 955 g/mol. The number of unbranched alkanes of at least 4 members (excludes halogenated alkanes) is 9. The number of rotatable bonds is 32. The third-order valence-electron chi connectivity index (χ3n) is 10.4. The van der Waals surface area contributed by atoms with Gasteiger partial charge >= 0.3 is 36.4 Å². The fourth-order valence-corrected chi connectivity index (χ4v) is 6.84. The molecule has 0 atom stereocenters. The Balaban J connectivity index is 1.27. The van der Waals surface area contributed by atoms with E-state index in [2.05, 4.69) is 72.8 Å². The summed E-state index contributed by atoms with van der Waals surface area (Å²) in [4.78, 5) is 127.